The minimum Gasteiger partial charge on any atom is -0.485 e. The molecule has 0 spiro atoms. The van der Waals surface area contributed by atoms with Gasteiger partial charge in [-0.25, -0.2) is 4.79 Å². The second-order valence-electron chi connectivity index (χ2n) is 9.40. The summed E-state index contributed by atoms with van der Waals surface area (Å²) in [7, 11) is 0. The molecule has 2 aromatic heterocycles. The molecule has 1 fully saturated rings. The second-order valence-corrected chi connectivity index (χ2v) is 9.40. The van der Waals surface area contributed by atoms with Gasteiger partial charge in [0.25, 0.3) is 5.91 Å². The van der Waals surface area contributed by atoms with Crippen LogP contribution in [0.4, 0.5) is 10.5 Å². The molecule has 212 valence electrons. The third kappa shape index (κ3) is 6.71. The van der Waals surface area contributed by atoms with Gasteiger partial charge < -0.3 is 29.0 Å². The van der Waals surface area contributed by atoms with Crippen molar-refractivity contribution < 1.29 is 28.3 Å². The monoisotopic (exact) mass is 549 g/mol. The number of furan rings is 1. The molecule has 1 aliphatic rings. The lowest BCUT2D eigenvalue weighted by Gasteiger charge is -2.35. The van der Waals surface area contributed by atoms with Crippen molar-refractivity contribution in [1.82, 2.24) is 19.6 Å². The summed E-state index contributed by atoms with van der Waals surface area (Å²) in [6.45, 7) is 11.2. The van der Waals surface area contributed by atoms with Crippen LogP contribution in [-0.4, -0.2) is 70.3 Å². The number of hydrogen-bond donors (Lipinski definition) is 1. The Morgan fingerprint density at radius 2 is 1.85 bits per heavy atom. The minimum absolute atomic E-state index is 0.116. The first-order chi connectivity index (χ1) is 19.3. The number of nitrogens with one attached hydrogen (secondary N) is 1. The third-order valence-electron chi connectivity index (χ3n) is 6.63. The Hall–Kier alpha value is -4.54. The van der Waals surface area contributed by atoms with E-state index in [2.05, 4.69) is 17.0 Å². The highest BCUT2D eigenvalue weighted by Gasteiger charge is 2.29. The molecule has 1 unspecified atom stereocenters. The lowest BCUT2D eigenvalue weighted by atomic mass is 10.1. The number of anilines is 1. The van der Waals surface area contributed by atoms with E-state index >= 15 is 0 Å². The summed E-state index contributed by atoms with van der Waals surface area (Å²) in [6, 6.07) is 10.4. The molecule has 11 nitrogen and oxygen atoms in total. The molecule has 1 atom stereocenters. The van der Waals surface area contributed by atoms with Crippen LogP contribution in [0.5, 0.6) is 5.75 Å². The number of benzene rings is 1. The maximum absolute atomic E-state index is 13.1. The number of hydrogen-bond acceptors (Lipinski definition) is 7. The van der Waals surface area contributed by atoms with Crippen LogP contribution in [0.25, 0.3) is 0 Å². The summed E-state index contributed by atoms with van der Waals surface area (Å²) in [5, 5.41) is 7.26. The normalized spacial score (nSPS) is 14.0. The molecule has 3 aromatic rings. The lowest BCUT2D eigenvalue weighted by Crippen LogP contribution is -2.52. The second kappa shape index (κ2) is 13.0. The number of carbonyl (C=O) groups is 3. The van der Waals surface area contributed by atoms with Crippen LogP contribution in [-0.2, 0) is 22.6 Å². The van der Waals surface area contributed by atoms with E-state index in [4.69, 9.17) is 13.9 Å². The highest BCUT2D eigenvalue weighted by Crippen LogP contribution is 2.22. The highest BCUT2D eigenvalue weighted by atomic mass is 16.6. The molecular formula is C29H35N5O6. The fourth-order valence-corrected chi connectivity index (χ4v) is 4.38. The zero-order chi connectivity index (χ0) is 28.6. The maximum Gasteiger partial charge on any atom is 0.409 e. The molecule has 1 N–H and O–H groups in total. The Morgan fingerprint density at radius 1 is 1.12 bits per heavy atom. The number of aryl methyl sites for hydroxylation is 1. The van der Waals surface area contributed by atoms with Gasteiger partial charge in [-0.2, -0.15) is 5.10 Å². The van der Waals surface area contributed by atoms with Gasteiger partial charge in [0.05, 0.1) is 18.0 Å². The Bertz CT molecular complexity index is 1350. The number of rotatable bonds is 10. The molecular weight excluding hydrogens is 514 g/mol. The van der Waals surface area contributed by atoms with Gasteiger partial charge in [0.2, 0.25) is 5.91 Å². The Balaban J connectivity index is 1.33. The summed E-state index contributed by atoms with van der Waals surface area (Å²) in [4.78, 5) is 41.2. The number of aromatic nitrogens is 2. The fraction of sp³-hybridized carbons (Fsp3) is 0.379. The molecule has 0 bridgehead atoms. The summed E-state index contributed by atoms with van der Waals surface area (Å²) < 4.78 is 18.2. The van der Waals surface area contributed by atoms with Gasteiger partial charge >= 0.3 is 6.09 Å². The topological polar surface area (TPSA) is 119 Å². The number of amides is 3. The smallest absolute Gasteiger partial charge is 0.409 e. The summed E-state index contributed by atoms with van der Waals surface area (Å²) in [5.41, 5.74) is 2.06. The third-order valence-corrected chi connectivity index (χ3v) is 6.63. The number of allylic oxidation sites excluding steroid dienone is 1. The van der Waals surface area contributed by atoms with Gasteiger partial charge in [0.1, 0.15) is 24.2 Å². The summed E-state index contributed by atoms with van der Waals surface area (Å²) >= 11 is 0. The van der Waals surface area contributed by atoms with Crippen molar-refractivity contribution in [3.8, 4) is 5.75 Å². The van der Waals surface area contributed by atoms with Crippen molar-refractivity contribution in [2.24, 2.45) is 0 Å². The van der Waals surface area contributed by atoms with Crippen LogP contribution in [0.15, 0.2) is 59.7 Å². The maximum atomic E-state index is 13.1. The van der Waals surface area contributed by atoms with Gasteiger partial charge in [-0.05, 0) is 51.0 Å². The molecule has 3 heterocycles. The first-order valence-electron chi connectivity index (χ1n) is 13.3. The van der Waals surface area contributed by atoms with Crippen LogP contribution in [0.1, 0.15) is 47.5 Å². The van der Waals surface area contributed by atoms with Crippen LogP contribution >= 0.6 is 0 Å². The molecule has 1 aromatic carbocycles. The van der Waals surface area contributed by atoms with E-state index in [0.717, 1.165) is 11.3 Å². The van der Waals surface area contributed by atoms with E-state index in [9.17, 15) is 14.4 Å². The minimum atomic E-state index is -0.588. The van der Waals surface area contributed by atoms with Crippen LogP contribution in [0, 0.1) is 6.92 Å². The molecule has 1 saturated heterocycles. The van der Waals surface area contributed by atoms with E-state index < -0.39 is 11.9 Å². The van der Waals surface area contributed by atoms with Crippen molar-refractivity contribution >= 4 is 23.6 Å². The molecule has 0 radical (unpaired) electrons. The van der Waals surface area contributed by atoms with E-state index in [1.54, 1.807) is 48.9 Å². The fourth-order valence-electron chi connectivity index (χ4n) is 4.38. The zero-order valence-electron chi connectivity index (χ0n) is 23.1. The molecule has 0 aliphatic carbocycles. The van der Waals surface area contributed by atoms with Crippen molar-refractivity contribution in [2.75, 3.05) is 38.1 Å². The van der Waals surface area contributed by atoms with Gasteiger partial charge in [-0.15, -0.1) is 6.58 Å². The number of piperazine rings is 1. The van der Waals surface area contributed by atoms with Crippen molar-refractivity contribution in [3.63, 3.8) is 0 Å². The van der Waals surface area contributed by atoms with Crippen LogP contribution in [0.3, 0.4) is 0 Å². The van der Waals surface area contributed by atoms with Crippen LogP contribution < -0.4 is 10.1 Å². The highest BCUT2D eigenvalue weighted by molar-refractivity contribution is 6.02. The van der Waals surface area contributed by atoms with E-state index in [-0.39, 0.29) is 24.4 Å². The number of para-hydroxylation sites is 1. The molecule has 4 rings (SSSR count). The SMILES string of the molecule is C=CCc1ccccc1OCc1ccc(C(=O)Nc2cn(C(C)C(=O)N3CCN(C(=O)OCC)CC3)nc2C)o1. The Labute approximate surface area is 233 Å². The quantitative estimate of drug-likeness (QED) is 0.376. The average molecular weight is 550 g/mol. The van der Waals surface area contributed by atoms with Crippen molar-refractivity contribution in [3.05, 3.63) is 78.0 Å². The van der Waals surface area contributed by atoms with E-state index in [0.29, 0.717) is 56.3 Å². The molecule has 1 aliphatic heterocycles. The van der Waals surface area contributed by atoms with Crippen molar-refractivity contribution in [1.29, 1.82) is 0 Å². The van der Waals surface area contributed by atoms with E-state index in [1.165, 1.54) is 4.68 Å². The number of carbonyl (C=O) groups excluding carboxylic acids is 3. The van der Waals surface area contributed by atoms with E-state index in [1.807, 2.05) is 30.3 Å². The van der Waals surface area contributed by atoms with Crippen LogP contribution in [0.2, 0.25) is 0 Å². The Kier molecular flexibility index (Phi) is 9.26. The average Bonchev–Trinajstić information content (AvgIpc) is 3.59. The van der Waals surface area contributed by atoms with Crippen molar-refractivity contribution in [2.45, 2.75) is 39.8 Å². The standard InChI is InChI=1S/C29H35N5O6/c1-5-9-22-10-7-8-11-25(22)39-19-23-12-13-26(40-23)27(35)30-24-18-34(31-20(24)3)21(4)28(36)32-14-16-33(17-15-32)29(37)38-6-2/h5,7-8,10-13,18,21H,1,6,9,14-17,19H2,2-4H3,(H,30,35). The lowest BCUT2D eigenvalue weighted by molar-refractivity contribution is -0.136. The molecule has 40 heavy (non-hydrogen) atoms. The van der Waals surface area contributed by atoms with Gasteiger partial charge in [-0.3, -0.25) is 14.3 Å². The van der Waals surface area contributed by atoms with Gasteiger partial charge in [-0.1, -0.05) is 24.3 Å². The first-order valence-corrected chi connectivity index (χ1v) is 13.3. The Morgan fingerprint density at radius 3 is 2.58 bits per heavy atom. The predicted molar refractivity (Wildman–Crippen MR) is 148 cm³/mol. The molecule has 11 heteroatoms. The number of nitrogens with zero attached hydrogens (tertiary/aromatic N) is 4. The summed E-state index contributed by atoms with van der Waals surface area (Å²) in [6.07, 6.45) is 3.77. The van der Waals surface area contributed by atoms with Gasteiger partial charge in [0, 0.05) is 32.4 Å². The first kappa shape index (κ1) is 28.5. The van der Waals surface area contributed by atoms with Gasteiger partial charge in [0.15, 0.2) is 5.76 Å². The largest absolute Gasteiger partial charge is 0.485 e. The zero-order valence-corrected chi connectivity index (χ0v) is 23.1. The molecule has 0 saturated carbocycles. The molecule has 3 amide bonds. The number of ether oxygens (including phenoxy) is 2. The predicted octanol–water partition coefficient (Wildman–Crippen LogP) is 4.21. The summed E-state index contributed by atoms with van der Waals surface area (Å²) in [5.74, 6) is 0.823.